The molecule has 0 aliphatic heterocycles. The molecule has 8 heteroatoms. The maximum absolute atomic E-state index is 11.9. The van der Waals surface area contributed by atoms with Gasteiger partial charge in [-0.05, 0) is 100 Å². The second-order valence-electron chi connectivity index (χ2n) is 14.4. The summed E-state index contributed by atoms with van der Waals surface area (Å²) in [6.45, 7) is 20.3. The molecule has 1 N–H and O–H groups in total. The maximum atomic E-state index is 11.9. The van der Waals surface area contributed by atoms with E-state index in [1.54, 1.807) is 6.08 Å². The summed E-state index contributed by atoms with van der Waals surface area (Å²) in [7, 11) is 0. The molecular formula is C30H47BNaO6. The molecule has 207 valence electrons. The van der Waals surface area contributed by atoms with Crippen LogP contribution in [0.4, 0.5) is 0 Å². The molecule has 3 radical (unpaired) electrons. The molecule has 0 amide bonds. The molecule has 2 saturated carbocycles. The fourth-order valence-electron chi connectivity index (χ4n) is 6.06. The Morgan fingerprint density at radius 1 is 0.868 bits per heavy atom. The van der Waals surface area contributed by atoms with Crippen LogP contribution in [-0.4, -0.2) is 50.6 Å². The van der Waals surface area contributed by atoms with Crippen LogP contribution in [0.5, 0.6) is 0 Å². The summed E-state index contributed by atoms with van der Waals surface area (Å²) in [5, 5.41) is 10.0. The first-order chi connectivity index (χ1) is 16.3. The quantitative estimate of drug-likeness (QED) is 0.336. The molecule has 0 aromatic carbocycles. The number of aliphatic hydroxyl groups is 1. The van der Waals surface area contributed by atoms with E-state index in [9.17, 15) is 19.5 Å². The third kappa shape index (κ3) is 6.87. The van der Waals surface area contributed by atoms with Gasteiger partial charge < -0.3 is 16.0 Å². The van der Waals surface area contributed by atoms with Crippen molar-refractivity contribution in [1.82, 2.24) is 0 Å². The second kappa shape index (κ2) is 11.9. The average Bonchev–Trinajstić information content (AvgIpc) is 2.73. The molecule has 4 bridgehead atoms. The number of hydrogen-bond acceptors (Lipinski definition) is 6. The van der Waals surface area contributed by atoms with Crippen LogP contribution < -0.4 is 29.6 Å². The van der Waals surface area contributed by atoms with Crippen LogP contribution in [0.25, 0.3) is 0 Å². The van der Waals surface area contributed by atoms with E-state index in [2.05, 4.69) is 27.7 Å². The Morgan fingerprint density at radius 3 is 1.68 bits per heavy atom. The molecule has 5 unspecified atom stereocenters. The predicted molar refractivity (Wildman–Crippen MR) is 146 cm³/mol. The molecule has 0 spiro atoms. The molecule has 0 aromatic rings. The van der Waals surface area contributed by atoms with Crippen molar-refractivity contribution in [2.75, 3.05) is 13.2 Å². The van der Waals surface area contributed by atoms with Crippen molar-refractivity contribution in [1.29, 1.82) is 0 Å². The SMILES string of the molecule is CC(C)(C)C(=O)OCC1=CC(=O)C2CC1C2(C)C.CC(C)(C)C(=O)OCC1=CC(O)C2CC1C2(C)C.[B].[H-].[Na+]. The number of aliphatic hydroxyl groups excluding tert-OH is 1. The minimum Gasteiger partial charge on any atom is -1.00 e. The van der Waals surface area contributed by atoms with Crippen LogP contribution >= 0.6 is 0 Å². The molecule has 6 aliphatic carbocycles. The average molecular weight is 538 g/mol. The van der Waals surface area contributed by atoms with Gasteiger partial charge in [-0.1, -0.05) is 33.8 Å². The standard InChI is InChI=1S/C15H24O3.C15H22O3.B.Na.H/c2*1-14(2,3)13(17)18-8-9-6-12(16)11-7-10(9)15(11,4)5;;;/h6,10-12,16H,7-8H2,1-5H3;6,10-11H,7-8H2,1-5H3;;;/q;;;+1;-1. The number of fused-ring (bicyclic) bond motifs is 2. The zero-order valence-corrected chi connectivity index (χ0v) is 27.4. The van der Waals surface area contributed by atoms with Gasteiger partial charge in [0, 0.05) is 14.3 Å². The van der Waals surface area contributed by atoms with Crippen molar-refractivity contribution in [3.8, 4) is 0 Å². The summed E-state index contributed by atoms with van der Waals surface area (Å²) in [6, 6.07) is 0. The second-order valence-corrected chi connectivity index (χ2v) is 14.4. The van der Waals surface area contributed by atoms with Crippen LogP contribution in [0.1, 0.15) is 83.5 Å². The zero-order chi connectivity index (χ0) is 27.4. The molecule has 2 fully saturated rings. The Labute approximate surface area is 255 Å². The van der Waals surface area contributed by atoms with Gasteiger partial charge in [-0.3, -0.25) is 14.4 Å². The first kappa shape index (κ1) is 35.1. The largest absolute Gasteiger partial charge is 1.00 e. The van der Waals surface area contributed by atoms with Crippen molar-refractivity contribution in [3.63, 3.8) is 0 Å². The van der Waals surface area contributed by atoms with Crippen LogP contribution in [0.15, 0.2) is 23.3 Å². The van der Waals surface area contributed by atoms with Crippen molar-refractivity contribution in [3.05, 3.63) is 23.3 Å². The molecular weight excluding hydrogens is 490 g/mol. The van der Waals surface area contributed by atoms with E-state index in [0.29, 0.717) is 24.4 Å². The molecule has 38 heavy (non-hydrogen) atoms. The third-order valence-electron chi connectivity index (χ3n) is 8.94. The van der Waals surface area contributed by atoms with Gasteiger partial charge in [-0.2, -0.15) is 0 Å². The normalized spacial score (nSPS) is 29.8. The van der Waals surface area contributed by atoms with Crippen LogP contribution in [0, 0.1) is 45.3 Å². The van der Waals surface area contributed by atoms with Gasteiger partial charge in [0.1, 0.15) is 13.2 Å². The van der Waals surface area contributed by atoms with E-state index in [4.69, 9.17) is 9.47 Å². The smallest absolute Gasteiger partial charge is 1.00 e. The molecule has 6 rings (SSSR count). The molecule has 0 heterocycles. The molecule has 5 atom stereocenters. The van der Waals surface area contributed by atoms with Gasteiger partial charge in [0.05, 0.1) is 16.9 Å². The van der Waals surface area contributed by atoms with Crippen LogP contribution in [0.2, 0.25) is 0 Å². The summed E-state index contributed by atoms with van der Waals surface area (Å²) < 4.78 is 10.7. The number of allylic oxidation sites excluding steroid dienone is 1. The van der Waals surface area contributed by atoms with E-state index in [-0.39, 0.29) is 86.6 Å². The predicted octanol–water partition coefficient (Wildman–Crippen LogP) is 2.02. The monoisotopic (exact) mass is 537 g/mol. The minimum absolute atomic E-state index is 0. The van der Waals surface area contributed by atoms with Crippen molar-refractivity contribution in [2.24, 2.45) is 45.3 Å². The van der Waals surface area contributed by atoms with Gasteiger partial charge in [0.2, 0.25) is 0 Å². The fraction of sp³-hybridized carbons (Fsp3) is 0.767. The van der Waals surface area contributed by atoms with E-state index in [0.717, 1.165) is 24.0 Å². The summed E-state index contributed by atoms with van der Waals surface area (Å²) in [5.41, 5.74) is 1.30. The first-order valence-electron chi connectivity index (χ1n) is 13.2. The molecule has 0 aromatic heterocycles. The molecule has 0 saturated heterocycles. The zero-order valence-electron chi connectivity index (χ0n) is 26.4. The van der Waals surface area contributed by atoms with Gasteiger partial charge in [-0.15, -0.1) is 0 Å². The number of ketones is 1. The van der Waals surface area contributed by atoms with Gasteiger partial charge in [0.15, 0.2) is 5.78 Å². The van der Waals surface area contributed by atoms with E-state index >= 15 is 0 Å². The van der Waals surface area contributed by atoms with E-state index in [1.807, 2.05) is 47.6 Å². The van der Waals surface area contributed by atoms with Gasteiger partial charge in [0.25, 0.3) is 0 Å². The van der Waals surface area contributed by atoms with Gasteiger partial charge >= 0.3 is 41.5 Å². The number of rotatable bonds is 4. The Morgan fingerprint density at radius 2 is 1.32 bits per heavy atom. The molecule has 6 aliphatic rings. The topological polar surface area (TPSA) is 89.9 Å². The van der Waals surface area contributed by atoms with Crippen molar-refractivity contribution < 1.29 is 59.9 Å². The number of ether oxygens (including phenoxy) is 2. The summed E-state index contributed by atoms with van der Waals surface area (Å²) in [4.78, 5) is 35.4. The number of esters is 2. The fourth-order valence-corrected chi connectivity index (χ4v) is 6.06. The maximum Gasteiger partial charge on any atom is 1.00 e. The number of hydrogen-bond donors (Lipinski definition) is 1. The number of carbonyl (C=O) groups is 3. The van der Waals surface area contributed by atoms with Crippen LogP contribution in [0.3, 0.4) is 0 Å². The van der Waals surface area contributed by atoms with E-state index in [1.165, 1.54) is 0 Å². The molecule has 6 nitrogen and oxygen atoms in total. The van der Waals surface area contributed by atoms with Crippen molar-refractivity contribution >= 4 is 26.1 Å². The first-order valence-corrected chi connectivity index (χ1v) is 13.2. The van der Waals surface area contributed by atoms with Crippen LogP contribution in [-0.2, 0) is 23.9 Å². The summed E-state index contributed by atoms with van der Waals surface area (Å²) in [6.07, 6.45) is 5.14. The van der Waals surface area contributed by atoms with Crippen molar-refractivity contribution in [2.45, 2.75) is 88.2 Å². The summed E-state index contributed by atoms with van der Waals surface area (Å²) in [5.74, 6) is 1.19. The Hall–Kier alpha value is -0.885. The Kier molecular flexibility index (Phi) is 11.0. The Balaban J connectivity index is 0.000000688. The Bertz CT molecular complexity index is 988. The minimum atomic E-state index is -0.489. The van der Waals surface area contributed by atoms with Gasteiger partial charge in [-0.25, -0.2) is 0 Å². The number of carbonyl (C=O) groups excluding carboxylic acids is 3. The summed E-state index contributed by atoms with van der Waals surface area (Å²) >= 11 is 0. The van der Waals surface area contributed by atoms with E-state index < -0.39 is 10.8 Å². The third-order valence-corrected chi connectivity index (χ3v) is 8.94.